The Bertz CT molecular complexity index is 617. The second-order valence-electron chi connectivity index (χ2n) is 4.16. The summed E-state index contributed by atoms with van der Waals surface area (Å²) in [6.07, 6.45) is -4.44. The number of halogens is 5. The molecule has 0 spiro atoms. The SMILES string of the molecule is Cc1ccc(-c2ccc(C(F)(F)F)cc2Cl)cc1F. The molecule has 0 aromatic heterocycles. The van der Waals surface area contributed by atoms with Crippen LogP contribution < -0.4 is 0 Å². The first kappa shape index (κ1) is 13.9. The lowest BCUT2D eigenvalue weighted by Crippen LogP contribution is -2.04. The summed E-state index contributed by atoms with van der Waals surface area (Å²) in [4.78, 5) is 0. The maximum absolute atomic E-state index is 13.4. The highest BCUT2D eigenvalue weighted by molar-refractivity contribution is 6.33. The summed E-state index contributed by atoms with van der Waals surface area (Å²) in [6, 6.07) is 7.44. The van der Waals surface area contributed by atoms with E-state index in [4.69, 9.17) is 11.6 Å². The summed E-state index contributed by atoms with van der Waals surface area (Å²) in [7, 11) is 0. The highest BCUT2D eigenvalue weighted by Gasteiger charge is 2.30. The molecule has 0 aliphatic rings. The van der Waals surface area contributed by atoms with Crippen molar-refractivity contribution >= 4 is 11.6 Å². The lowest BCUT2D eigenvalue weighted by Gasteiger charge is -2.10. The standard InChI is InChI=1S/C14H9ClF4/c1-8-2-3-9(6-13(8)16)11-5-4-10(7-12(11)15)14(17,18)19/h2-7H,1H3. The second-order valence-corrected chi connectivity index (χ2v) is 4.56. The maximum atomic E-state index is 13.4. The van der Waals surface area contributed by atoms with Gasteiger partial charge in [0, 0.05) is 10.6 Å². The van der Waals surface area contributed by atoms with Gasteiger partial charge in [-0.15, -0.1) is 0 Å². The number of rotatable bonds is 1. The molecule has 0 saturated heterocycles. The van der Waals surface area contributed by atoms with E-state index in [-0.39, 0.29) is 5.02 Å². The predicted octanol–water partition coefficient (Wildman–Crippen LogP) is 5.47. The van der Waals surface area contributed by atoms with Crippen LogP contribution in [-0.2, 0) is 6.18 Å². The number of hydrogen-bond acceptors (Lipinski definition) is 0. The fraction of sp³-hybridized carbons (Fsp3) is 0.143. The number of aryl methyl sites for hydroxylation is 1. The van der Waals surface area contributed by atoms with Crippen molar-refractivity contribution in [3.8, 4) is 11.1 Å². The van der Waals surface area contributed by atoms with Gasteiger partial charge in [-0.2, -0.15) is 13.2 Å². The van der Waals surface area contributed by atoms with Gasteiger partial charge in [0.05, 0.1) is 5.56 Å². The number of alkyl halides is 3. The van der Waals surface area contributed by atoms with Crippen LogP contribution in [0.25, 0.3) is 11.1 Å². The van der Waals surface area contributed by atoms with E-state index in [1.165, 1.54) is 12.1 Å². The van der Waals surface area contributed by atoms with Crippen LogP contribution >= 0.6 is 11.6 Å². The van der Waals surface area contributed by atoms with E-state index in [9.17, 15) is 17.6 Å². The van der Waals surface area contributed by atoms with Crippen LogP contribution in [-0.4, -0.2) is 0 Å². The second kappa shape index (κ2) is 4.85. The summed E-state index contributed by atoms with van der Waals surface area (Å²) >= 11 is 5.84. The van der Waals surface area contributed by atoms with Gasteiger partial charge in [-0.25, -0.2) is 4.39 Å². The quantitative estimate of drug-likeness (QED) is 0.610. The van der Waals surface area contributed by atoms with Crippen LogP contribution in [0.5, 0.6) is 0 Å². The van der Waals surface area contributed by atoms with Crippen LogP contribution in [0, 0.1) is 12.7 Å². The first-order chi connectivity index (χ1) is 8.79. The van der Waals surface area contributed by atoms with Gasteiger partial charge in [0.2, 0.25) is 0 Å². The largest absolute Gasteiger partial charge is 0.416 e. The minimum Gasteiger partial charge on any atom is -0.207 e. The van der Waals surface area contributed by atoms with Gasteiger partial charge >= 0.3 is 6.18 Å². The lowest BCUT2D eigenvalue weighted by atomic mass is 10.0. The zero-order valence-corrected chi connectivity index (χ0v) is 10.6. The van der Waals surface area contributed by atoms with Crippen molar-refractivity contribution in [1.82, 2.24) is 0 Å². The molecule has 0 amide bonds. The predicted molar refractivity (Wildman–Crippen MR) is 66.6 cm³/mol. The third kappa shape index (κ3) is 2.89. The van der Waals surface area contributed by atoms with Gasteiger partial charge in [0.1, 0.15) is 5.82 Å². The minimum absolute atomic E-state index is 0.0573. The Morgan fingerprint density at radius 2 is 1.68 bits per heavy atom. The van der Waals surface area contributed by atoms with Crippen molar-refractivity contribution < 1.29 is 17.6 Å². The van der Waals surface area contributed by atoms with Crippen LogP contribution in [0.3, 0.4) is 0 Å². The van der Waals surface area contributed by atoms with Crippen LogP contribution in [0.4, 0.5) is 17.6 Å². The molecule has 0 bridgehead atoms. The minimum atomic E-state index is -4.44. The van der Waals surface area contributed by atoms with Gasteiger partial charge in [-0.3, -0.25) is 0 Å². The van der Waals surface area contributed by atoms with E-state index in [1.807, 2.05) is 0 Å². The summed E-state index contributed by atoms with van der Waals surface area (Å²) in [6.45, 7) is 1.60. The zero-order chi connectivity index (χ0) is 14.2. The van der Waals surface area contributed by atoms with E-state index < -0.39 is 17.6 Å². The van der Waals surface area contributed by atoms with E-state index in [0.717, 1.165) is 12.1 Å². The molecule has 0 unspecified atom stereocenters. The molecular formula is C14H9ClF4. The highest BCUT2D eigenvalue weighted by Crippen LogP contribution is 2.35. The van der Waals surface area contributed by atoms with Crippen molar-refractivity contribution in [2.45, 2.75) is 13.1 Å². The molecule has 0 radical (unpaired) electrons. The monoisotopic (exact) mass is 288 g/mol. The first-order valence-corrected chi connectivity index (χ1v) is 5.80. The highest BCUT2D eigenvalue weighted by atomic mass is 35.5. The Morgan fingerprint density at radius 3 is 2.21 bits per heavy atom. The third-order valence-electron chi connectivity index (χ3n) is 2.78. The maximum Gasteiger partial charge on any atom is 0.416 e. The van der Waals surface area contributed by atoms with Gasteiger partial charge in [0.15, 0.2) is 0 Å². The van der Waals surface area contributed by atoms with Crippen molar-refractivity contribution in [2.24, 2.45) is 0 Å². The van der Waals surface area contributed by atoms with Crippen molar-refractivity contribution in [3.05, 3.63) is 58.4 Å². The molecule has 2 aromatic carbocycles. The van der Waals surface area contributed by atoms with Gasteiger partial charge in [-0.1, -0.05) is 29.8 Å². The molecule has 2 aromatic rings. The lowest BCUT2D eigenvalue weighted by molar-refractivity contribution is -0.137. The van der Waals surface area contributed by atoms with E-state index >= 15 is 0 Å². The third-order valence-corrected chi connectivity index (χ3v) is 3.09. The van der Waals surface area contributed by atoms with Crippen molar-refractivity contribution in [2.75, 3.05) is 0 Å². The Morgan fingerprint density at radius 1 is 1.00 bits per heavy atom. The van der Waals surface area contributed by atoms with E-state index in [0.29, 0.717) is 16.7 Å². The molecule has 0 nitrogen and oxygen atoms in total. The molecule has 0 aliphatic carbocycles. The topological polar surface area (TPSA) is 0 Å². The van der Waals surface area contributed by atoms with E-state index in [2.05, 4.69) is 0 Å². The van der Waals surface area contributed by atoms with E-state index in [1.54, 1.807) is 19.1 Å². The average Bonchev–Trinajstić information content (AvgIpc) is 2.31. The molecule has 0 atom stereocenters. The summed E-state index contributed by atoms with van der Waals surface area (Å²) < 4.78 is 50.9. The van der Waals surface area contributed by atoms with Crippen LogP contribution in [0.15, 0.2) is 36.4 Å². The first-order valence-electron chi connectivity index (χ1n) is 5.42. The summed E-state index contributed by atoms with van der Waals surface area (Å²) in [5.74, 6) is -0.423. The molecule has 2 rings (SSSR count). The van der Waals surface area contributed by atoms with Crippen molar-refractivity contribution in [1.29, 1.82) is 0 Å². The molecule has 19 heavy (non-hydrogen) atoms. The molecule has 5 heteroatoms. The van der Waals surface area contributed by atoms with Gasteiger partial charge in [0.25, 0.3) is 0 Å². The van der Waals surface area contributed by atoms with Crippen molar-refractivity contribution in [3.63, 3.8) is 0 Å². The molecular weight excluding hydrogens is 280 g/mol. The molecule has 0 fully saturated rings. The summed E-state index contributed by atoms with van der Waals surface area (Å²) in [5.41, 5.74) is 0.455. The fourth-order valence-corrected chi connectivity index (χ4v) is 1.98. The number of hydrogen-bond donors (Lipinski definition) is 0. The number of benzene rings is 2. The fourth-order valence-electron chi connectivity index (χ4n) is 1.69. The average molecular weight is 289 g/mol. The Hall–Kier alpha value is -1.55. The Kier molecular flexibility index (Phi) is 3.54. The van der Waals surface area contributed by atoms with Crippen LogP contribution in [0.1, 0.15) is 11.1 Å². The Balaban J connectivity index is 2.49. The smallest absolute Gasteiger partial charge is 0.207 e. The Labute approximate surface area is 112 Å². The molecule has 0 aliphatic heterocycles. The zero-order valence-electron chi connectivity index (χ0n) is 9.85. The van der Waals surface area contributed by atoms with Gasteiger partial charge in [-0.05, 0) is 36.2 Å². The molecule has 0 saturated carbocycles. The molecule has 0 N–H and O–H groups in total. The van der Waals surface area contributed by atoms with Gasteiger partial charge < -0.3 is 0 Å². The molecule has 0 heterocycles. The molecule has 100 valence electrons. The normalized spacial score (nSPS) is 11.7. The van der Waals surface area contributed by atoms with Crippen LogP contribution in [0.2, 0.25) is 5.02 Å². The summed E-state index contributed by atoms with van der Waals surface area (Å²) in [5, 5.41) is -0.0573.